The van der Waals surface area contributed by atoms with Gasteiger partial charge in [-0.2, -0.15) is 0 Å². The van der Waals surface area contributed by atoms with Crippen molar-refractivity contribution in [2.45, 2.75) is 38.4 Å². The SMILES string of the molecule is CC(C)N1CC(=O)N([C@@H](C)c2ccc(Cl)cc2)C2(CN(c3ccnc(C(N)=O)c3)C2)C1=O. The predicted octanol–water partition coefficient (Wildman–Crippen LogP) is 2.23. The summed E-state index contributed by atoms with van der Waals surface area (Å²) in [6.45, 7) is 6.45. The van der Waals surface area contributed by atoms with Gasteiger partial charge < -0.3 is 20.4 Å². The summed E-state index contributed by atoms with van der Waals surface area (Å²) in [5, 5.41) is 0.612. The summed E-state index contributed by atoms with van der Waals surface area (Å²) >= 11 is 6.04. The average Bonchev–Trinajstić information content (AvgIpc) is 2.73. The number of halogens is 1. The number of rotatable bonds is 5. The summed E-state index contributed by atoms with van der Waals surface area (Å²) in [5.41, 5.74) is 6.18. The van der Waals surface area contributed by atoms with E-state index in [4.69, 9.17) is 17.3 Å². The van der Waals surface area contributed by atoms with Gasteiger partial charge in [-0.25, -0.2) is 0 Å². The lowest BCUT2D eigenvalue weighted by Crippen LogP contribution is -2.81. The minimum atomic E-state index is -0.991. The molecule has 0 unspecified atom stereocenters. The summed E-state index contributed by atoms with van der Waals surface area (Å²) in [5.74, 6) is -0.767. The third-order valence-corrected chi connectivity index (χ3v) is 6.58. The molecule has 2 N–H and O–H groups in total. The fourth-order valence-corrected chi connectivity index (χ4v) is 4.73. The van der Waals surface area contributed by atoms with Gasteiger partial charge >= 0.3 is 0 Å². The van der Waals surface area contributed by atoms with Crippen LogP contribution >= 0.6 is 11.6 Å². The first-order chi connectivity index (χ1) is 15.1. The molecule has 2 aliphatic rings. The van der Waals surface area contributed by atoms with Crippen molar-refractivity contribution in [2.75, 3.05) is 24.5 Å². The summed E-state index contributed by atoms with van der Waals surface area (Å²) in [7, 11) is 0. The Morgan fingerprint density at radius 2 is 1.78 bits per heavy atom. The molecule has 3 heterocycles. The molecular weight excluding hydrogens is 430 g/mol. The Morgan fingerprint density at radius 1 is 1.12 bits per heavy atom. The number of amides is 3. The van der Waals surface area contributed by atoms with Gasteiger partial charge in [-0.3, -0.25) is 19.4 Å². The van der Waals surface area contributed by atoms with E-state index in [2.05, 4.69) is 4.98 Å². The van der Waals surface area contributed by atoms with Crippen LogP contribution < -0.4 is 10.6 Å². The van der Waals surface area contributed by atoms with Crippen LogP contribution in [0.25, 0.3) is 0 Å². The van der Waals surface area contributed by atoms with Gasteiger partial charge in [0.15, 0.2) is 5.54 Å². The van der Waals surface area contributed by atoms with Gasteiger partial charge in [0.05, 0.1) is 19.1 Å². The molecule has 3 amide bonds. The topological polar surface area (TPSA) is 99.8 Å². The molecule has 2 saturated heterocycles. The van der Waals surface area contributed by atoms with Crippen LogP contribution in [0.3, 0.4) is 0 Å². The molecule has 168 valence electrons. The number of benzene rings is 1. The van der Waals surface area contributed by atoms with Gasteiger partial charge in [-0.1, -0.05) is 23.7 Å². The summed E-state index contributed by atoms with van der Waals surface area (Å²) < 4.78 is 0. The van der Waals surface area contributed by atoms with Crippen LogP contribution in [0.4, 0.5) is 5.69 Å². The molecule has 0 radical (unpaired) electrons. The molecule has 2 aliphatic heterocycles. The van der Waals surface area contributed by atoms with Gasteiger partial charge in [0, 0.05) is 22.9 Å². The molecular formula is C23H26ClN5O3. The Hall–Kier alpha value is -3.13. The van der Waals surface area contributed by atoms with Gasteiger partial charge in [0.1, 0.15) is 12.2 Å². The lowest BCUT2D eigenvalue weighted by Gasteiger charge is -2.60. The van der Waals surface area contributed by atoms with Crippen molar-refractivity contribution in [3.63, 3.8) is 0 Å². The Balaban J connectivity index is 1.69. The first-order valence-electron chi connectivity index (χ1n) is 10.5. The molecule has 2 aromatic rings. The van der Waals surface area contributed by atoms with Crippen molar-refractivity contribution in [1.82, 2.24) is 14.8 Å². The fraction of sp³-hybridized carbons (Fsp3) is 0.391. The van der Waals surface area contributed by atoms with Gasteiger partial charge in [0.25, 0.3) is 11.8 Å². The average molecular weight is 456 g/mol. The lowest BCUT2D eigenvalue weighted by molar-refractivity contribution is -0.172. The van der Waals surface area contributed by atoms with E-state index in [1.54, 1.807) is 34.1 Å². The van der Waals surface area contributed by atoms with E-state index >= 15 is 0 Å². The quantitative estimate of drug-likeness (QED) is 0.745. The number of nitrogens with zero attached hydrogens (tertiary/aromatic N) is 4. The number of anilines is 1. The number of aromatic nitrogens is 1. The number of hydrogen-bond acceptors (Lipinski definition) is 5. The molecule has 0 aliphatic carbocycles. The van der Waals surface area contributed by atoms with E-state index < -0.39 is 11.4 Å². The van der Waals surface area contributed by atoms with Crippen LogP contribution in [0.2, 0.25) is 5.02 Å². The molecule has 0 bridgehead atoms. The van der Waals surface area contributed by atoms with Gasteiger partial charge in [-0.15, -0.1) is 0 Å². The van der Waals surface area contributed by atoms with Crippen molar-refractivity contribution < 1.29 is 14.4 Å². The Kier molecular flexibility index (Phi) is 5.58. The third-order valence-electron chi connectivity index (χ3n) is 6.32. The zero-order chi connectivity index (χ0) is 23.2. The normalized spacial score (nSPS) is 18.8. The molecule has 1 aromatic heterocycles. The van der Waals surface area contributed by atoms with Gasteiger partial charge in [-0.05, 0) is 50.6 Å². The monoisotopic (exact) mass is 455 g/mol. The highest BCUT2D eigenvalue weighted by Crippen LogP contribution is 2.41. The van der Waals surface area contributed by atoms with Crippen molar-refractivity contribution in [2.24, 2.45) is 5.73 Å². The Bertz CT molecular complexity index is 1070. The number of carbonyl (C=O) groups excluding carboxylic acids is 3. The maximum absolute atomic E-state index is 13.7. The molecule has 32 heavy (non-hydrogen) atoms. The molecule has 1 atom stereocenters. The second-order valence-electron chi connectivity index (χ2n) is 8.67. The molecule has 1 aromatic carbocycles. The summed E-state index contributed by atoms with van der Waals surface area (Å²) in [6.07, 6.45) is 1.52. The minimum absolute atomic E-state index is 0.0528. The van der Waals surface area contributed by atoms with Crippen molar-refractivity contribution in [3.8, 4) is 0 Å². The molecule has 9 heteroatoms. The maximum atomic E-state index is 13.7. The summed E-state index contributed by atoms with van der Waals surface area (Å²) in [4.78, 5) is 47.9. The largest absolute Gasteiger partial charge is 0.365 e. The number of piperazine rings is 1. The number of pyridine rings is 1. The van der Waals surface area contributed by atoms with E-state index in [0.717, 1.165) is 11.3 Å². The van der Waals surface area contributed by atoms with Crippen molar-refractivity contribution >= 4 is 35.0 Å². The predicted molar refractivity (Wildman–Crippen MR) is 121 cm³/mol. The third kappa shape index (κ3) is 3.58. The number of carbonyl (C=O) groups is 3. The smallest absolute Gasteiger partial charge is 0.267 e. The maximum Gasteiger partial charge on any atom is 0.267 e. The minimum Gasteiger partial charge on any atom is -0.365 e. The highest BCUT2D eigenvalue weighted by molar-refractivity contribution is 6.30. The number of primary amides is 1. The highest BCUT2D eigenvalue weighted by Gasteiger charge is 2.61. The van der Waals surface area contributed by atoms with E-state index in [-0.39, 0.29) is 36.1 Å². The van der Waals surface area contributed by atoms with Crippen LogP contribution in [0.5, 0.6) is 0 Å². The lowest BCUT2D eigenvalue weighted by atomic mass is 9.81. The van der Waals surface area contributed by atoms with Crippen molar-refractivity contribution in [1.29, 1.82) is 0 Å². The zero-order valence-corrected chi connectivity index (χ0v) is 19.0. The molecule has 0 saturated carbocycles. The van der Waals surface area contributed by atoms with Crippen LogP contribution in [0.1, 0.15) is 42.9 Å². The van der Waals surface area contributed by atoms with Crippen LogP contribution in [0, 0.1) is 0 Å². The standard InChI is InChI=1S/C23H26ClN5O3/c1-14(2)28-11-20(30)29(15(3)16-4-6-17(24)7-5-16)23(22(28)32)12-27(13-23)18-8-9-26-19(10-18)21(25)31/h4-10,14-15H,11-13H2,1-3H3,(H2,25,31)/t15-/m0/s1. The van der Waals surface area contributed by atoms with Crippen LogP contribution in [-0.2, 0) is 9.59 Å². The Labute approximate surface area is 191 Å². The first-order valence-corrected chi connectivity index (χ1v) is 10.9. The number of hydrogen-bond donors (Lipinski definition) is 1. The Morgan fingerprint density at radius 3 is 2.38 bits per heavy atom. The zero-order valence-electron chi connectivity index (χ0n) is 18.3. The van der Waals surface area contributed by atoms with E-state index in [9.17, 15) is 14.4 Å². The van der Waals surface area contributed by atoms with E-state index in [1.165, 1.54) is 6.20 Å². The second-order valence-corrected chi connectivity index (χ2v) is 9.11. The first kappa shape index (κ1) is 22.1. The fourth-order valence-electron chi connectivity index (χ4n) is 4.60. The molecule has 2 fully saturated rings. The molecule has 1 spiro atoms. The molecule has 8 nitrogen and oxygen atoms in total. The summed E-state index contributed by atoms with van der Waals surface area (Å²) in [6, 6.07) is 10.3. The van der Waals surface area contributed by atoms with Crippen LogP contribution in [0.15, 0.2) is 42.6 Å². The second kappa shape index (κ2) is 8.09. The van der Waals surface area contributed by atoms with Crippen molar-refractivity contribution in [3.05, 3.63) is 58.9 Å². The van der Waals surface area contributed by atoms with E-state index in [0.29, 0.717) is 18.1 Å². The molecule has 4 rings (SSSR count). The van der Waals surface area contributed by atoms with E-state index in [1.807, 2.05) is 37.8 Å². The van der Waals surface area contributed by atoms with Gasteiger partial charge in [0.2, 0.25) is 5.91 Å². The van der Waals surface area contributed by atoms with Crippen LogP contribution in [-0.4, -0.2) is 63.7 Å². The number of nitrogens with two attached hydrogens (primary N) is 1. The highest BCUT2D eigenvalue weighted by atomic mass is 35.5.